The number of nitrogens with zero attached hydrogens (tertiary/aromatic N) is 4. The molecule has 164 valence electrons. The van der Waals surface area contributed by atoms with Crippen LogP contribution in [0.15, 0.2) is 53.5 Å². The third-order valence-electron chi connectivity index (χ3n) is 5.12. The molecule has 0 bridgehead atoms. The van der Waals surface area contributed by atoms with E-state index in [1.54, 1.807) is 14.2 Å². The maximum Gasteiger partial charge on any atom is 0.192 e. The van der Waals surface area contributed by atoms with Crippen LogP contribution in [0.4, 0.5) is 0 Å². The van der Waals surface area contributed by atoms with Crippen LogP contribution in [-0.4, -0.2) is 34.9 Å². The molecule has 0 aliphatic carbocycles. The Hall–Kier alpha value is -3.55. The van der Waals surface area contributed by atoms with E-state index in [2.05, 4.69) is 39.9 Å². The zero-order valence-corrected chi connectivity index (χ0v) is 18.7. The molecular weight excluding hydrogens is 392 g/mol. The van der Waals surface area contributed by atoms with Gasteiger partial charge >= 0.3 is 0 Å². The summed E-state index contributed by atoms with van der Waals surface area (Å²) in [5.74, 6) is 3.92. The van der Waals surface area contributed by atoms with Crippen LogP contribution in [0.3, 0.4) is 0 Å². The number of hydrogen-bond acceptors (Lipinski definition) is 5. The van der Waals surface area contributed by atoms with Crippen LogP contribution in [0.5, 0.6) is 11.5 Å². The molecule has 3 rings (SSSR count). The number of rotatable bonds is 8. The zero-order chi connectivity index (χ0) is 22.2. The Kier molecular flexibility index (Phi) is 7.48. The zero-order valence-electron chi connectivity index (χ0n) is 18.7. The Morgan fingerprint density at radius 2 is 1.87 bits per heavy atom. The minimum Gasteiger partial charge on any atom is -0.497 e. The van der Waals surface area contributed by atoms with Crippen LogP contribution < -0.4 is 20.1 Å². The molecule has 8 nitrogen and oxygen atoms in total. The monoisotopic (exact) mass is 422 g/mol. The Labute approximate surface area is 183 Å². The van der Waals surface area contributed by atoms with Gasteiger partial charge < -0.3 is 24.7 Å². The molecule has 1 aromatic heterocycles. The lowest BCUT2D eigenvalue weighted by Gasteiger charge is -2.21. The van der Waals surface area contributed by atoms with Crippen molar-refractivity contribution in [3.05, 3.63) is 71.3 Å². The quantitative estimate of drug-likeness (QED) is 0.429. The number of guanidine groups is 1. The molecule has 3 aromatic rings. The van der Waals surface area contributed by atoms with E-state index in [9.17, 15) is 0 Å². The lowest BCUT2D eigenvalue weighted by Crippen LogP contribution is -2.39. The van der Waals surface area contributed by atoms with Gasteiger partial charge in [0, 0.05) is 12.6 Å². The van der Waals surface area contributed by atoms with E-state index in [1.807, 2.05) is 54.9 Å². The Bertz CT molecular complexity index is 1020. The van der Waals surface area contributed by atoms with Crippen molar-refractivity contribution in [1.82, 2.24) is 25.4 Å². The standard InChI is InChI=1S/C23H30N6O2/c1-16(20-13-19(30-4)11-12-21(20)31-5)26-23(24-14-18-9-7-6-8-10-18)25-15-22-28-27-17(2)29(22)3/h6-13,16H,14-15H2,1-5H3,(H2,24,25,26). The van der Waals surface area contributed by atoms with Crippen molar-refractivity contribution >= 4 is 5.96 Å². The van der Waals surface area contributed by atoms with Crippen molar-refractivity contribution in [3.63, 3.8) is 0 Å². The topological polar surface area (TPSA) is 85.6 Å². The molecule has 0 aliphatic heterocycles. The molecule has 31 heavy (non-hydrogen) atoms. The van der Waals surface area contributed by atoms with E-state index in [1.165, 1.54) is 0 Å². The lowest BCUT2D eigenvalue weighted by atomic mass is 10.1. The number of aryl methyl sites for hydroxylation is 1. The number of benzene rings is 2. The van der Waals surface area contributed by atoms with Gasteiger partial charge in [-0.25, -0.2) is 4.99 Å². The third kappa shape index (κ3) is 5.75. The van der Waals surface area contributed by atoms with E-state index in [4.69, 9.17) is 14.5 Å². The maximum absolute atomic E-state index is 5.55. The number of nitrogens with one attached hydrogen (secondary N) is 2. The Morgan fingerprint density at radius 3 is 2.52 bits per heavy atom. The van der Waals surface area contributed by atoms with Gasteiger partial charge in [-0.15, -0.1) is 10.2 Å². The molecule has 2 N–H and O–H groups in total. The first-order valence-electron chi connectivity index (χ1n) is 10.2. The van der Waals surface area contributed by atoms with Gasteiger partial charge in [-0.2, -0.15) is 0 Å². The molecule has 0 radical (unpaired) electrons. The van der Waals surface area contributed by atoms with Crippen molar-refractivity contribution in [2.45, 2.75) is 33.0 Å². The summed E-state index contributed by atoms with van der Waals surface area (Å²) in [6.45, 7) is 5.04. The number of ether oxygens (including phenoxy) is 2. The highest BCUT2D eigenvalue weighted by Gasteiger charge is 2.15. The van der Waals surface area contributed by atoms with Crippen molar-refractivity contribution in [3.8, 4) is 11.5 Å². The predicted octanol–water partition coefficient (Wildman–Crippen LogP) is 3.14. The molecule has 0 fully saturated rings. The summed E-state index contributed by atoms with van der Waals surface area (Å²) in [7, 11) is 5.27. The highest BCUT2D eigenvalue weighted by molar-refractivity contribution is 5.80. The number of hydrogen-bond donors (Lipinski definition) is 2. The summed E-state index contributed by atoms with van der Waals surface area (Å²) in [6.07, 6.45) is 0. The molecular formula is C23H30N6O2. The molecule has 0 aliphatic rings. The van der Waals surface area contributed by atoms with Gasteiger partial charge in [0.25, 0.3) is 0 Å². The molecule has 8 heteroatoms. The Morgan fingerprint density at radius 1 is 1.10 bits per heavy atom. The Balaban J connectivity index is 1.80. The molecule has 1 unspecified atom stereocenters. The van der Waals surface area contributed by atoms with Crippen molar-refractivity contribution < 1.29 is 9.47 Å². The molecule has 0 saturated carbocycles. The van der Waals surface area contributed by atoms with Crippen LogP contribution in [0.2, 0.25) is 0 Å². The highest BCUT2D eigenvalue weighted by atomic mass is 16.5. The van der Waals surface area contributed by atoms with Crippen LogP contribution in [0.25, 0.3) is 0 Å². The lowest BCUT2D eigenvalue weighted by molar-refractivity contribution is 0.394. The second kappa shape index (κ2) is 10.5. The smallest absolute Gasteiger partial charge is 0.192 e. The number of aliphatic imine (C=N–C) groups is 1. The van der Waals surface area contributed by atoms with E-state index < -0.39 is 0 Å². The van der Waals surface area contributed by atoms with E-state index >= 15 is 0 Å². The summed E-state index contributed by atoms with van der Waals surface area (Å²) < 4.78 is 12.9. The fourth-order valence-corrected chi connectivity index (χ4v) is 3.13. The molecule has 0 saturated heterocycles. The molecule has 2 aromatic carbocycles. The molecule has 1 heterocycles. The van der Waals surface area contributed by atoms with Gasteiger partial charge in [0.05, 0.1) is 33.4 Å². The predicted molar refractivity (Wildman–Crippen MR) is 121 cm³/mol. The third-order valence-corrected chi connectivity index (χ3v) is 5.12. The van der Waals surface area contributed by atoms with Crippen molar-refractivity contribution in [2.75, 3.05) is 14.2 Å². The summed E-state index contributed by atoms with van der Waals surface area (Å²) in [6, 6.07) is 15.8. The van der Waals surface area contributed by atoms with E-state index in [-0.39, 0.29) is 6.04 Å². The normalized spacial score (nSPS) is 12.4. The average Bonchev–Trinajstić information content (AvgIpc) is 3.13. The van der Waals surface area contributed by atoms with Gasteiger partial charge in [0.2, 0.25) is 0 Å². The molecule has 0 amide bonds. The van der Waals surface area contributed by atoms with E-state index in [0.29, 0.717) is 19.0 Å². The van der Waals surface area contributed by atoms with E-state index in [0.717, 1.165) is 34.3 Å². The van der Waals surface area contributed by atoms with Crippen molar-refractivity contribution in [2.24, 2.45) is 12.0 Å². The van der Waals surface area contributed by atoms with Crippen LogP contribution in [0.1, 0.15) is 35.7 Å². The summed E-state index contributed by atoms with van der Waals surface area (Å²) in [5.41, 5.74) is 2.11. The van der Waals surface area contributed by atoms with Crippen LogP contribution >= 0.6 is 0 Å². The minimum absolute atomic E-state index is 0.0756. The first-order valence-corrected chi connectivity index (χ1v) is 10.2. The largest absolute Gasteiger partial charge is 0.497 e. The van der Waals surface area contributed by atoms with Gasteiger partial charge in [0.1, 0.15) is 17.3 Å². The molecule has 0 spiro atoms. The summed E-state index contributed by atoms with van der Waals surface area (Å²) in [5, 5.41) is 15.2. The maximum atomic E-state index is 5.55. The second-order valence-corrected chi connectivity index (χ2v) is 7.20. The summed E-state index contributed by atoms with van der Waals surface area (Å²) >= 11 is 0. The summed E-state index contributed by atoms with van der Waals surface area (Å²) in [4.78, 5) is 4.77. The second-order valence-electron chi connectivity index (χ2n) is 7.20. The van der Waals surface area contributed by atoms with Crippen LogP contribution in [0, 0.1) is 6.92 Å². The highest BCUT2D eigenvalue weighted by Crippen LogP contribution is 2.29. The fraction of sp³-hybridized carbons (Fsp3) is 0.348. The average molecular weight is 423 g/mol. The van der Waals surface area contributed by atoms with Gasteiger partial charge in [-0.1, -0.05) is 30.3 Å². The van der Waals surface area contributed by atoms with Gasteiger partial charge in [-0.3, -0.25) is 0 Å². The minimum atomic E-state index is -0.0756. The van der Waals surface area contributed by atoms with Crippen molar-refractivity contribution in [1.29, 1.82) is 0 Å². The SMILES string of the molecule is COc1ccc(OC)c(C(C)NC(=NCc2ccccc2)NCc2nnc(C)n2C)c1. The number of methoxy groups -OCH3 is 2. The number of aromatic nitrogens is 3. The fourth-order valence-electron chi connectivity index (χ4n) is 3.13. The first kappa shape index (κ1) is 22.1. The van der Waals surface area contributed by atoms with Gasteiger partial charge in [0.15, 0.2) is 11.8 Å². The first-order chi connectivity index (χ1) is 15.0. The van der Waals surface area contributed by atoms with Gasteiger partial charge in [-0.05, 0) is 37.6 Å². The molecule has 1 atom stereocenters. The van der Waals surface area contributed by atoms with Crippen LogP contribution in [-0.2, 0) is 20.1 Å².